The van der Waals surface area contributed by atoms with Crippen molar-refractivity contribution in [2.45, 2.75) is 51.6 Å². The number of hydrogen-bond donors (Lipinski definition) is 2. The van der Waals surface area contributed by atoms with Crippen molar-refractivity contribution in [2.24, 2.45) is 12.5 Å². The normalized spacial score (nSPS) is 16.9. The first-order valence-electron chi connectivity index (χ1n) is 23.3. The van der Waals surface area contributed by atoms with E-state index in [2.05, 4.69) is 25.3 Å². The number of ether oxygens (including phenoxy) is 4. The van der Waals surface area contributed by atoms with Crippen LogP contribution in [0.4, 0.5) is 23.2 Å². The van der Waals surface area contributed by atoms with Crippen molar-refractivity contribution < 1.29 is 65.3 Å². The Morgan fingerprint density at radius 3 is 2.39 bits per heavy atom. The highest BCUT2D eigenvalue weighted by Gasteiger charge is 2.54. The summed E-state index contributed by atoms with van der Waals surface area (Å²) in [6.07, 6.45) is -2.83. The second-order valence-electron chi connectivity index (χ2n) is 18.6. The number of methoxy groups -OCH3 is 1. The molecular weight excluding hydrogens is 977 g/mol. The summed E-state index contributed by atoms with van der Waals surface area (Å²) in [6.45, 7) is 3.79. The number of anilines is 1. The number of amides is 6. The van der Waals surface area contributed by atoms with Gasteiger partial charge in [-0.25, -0.2) is 14.4 Å². The number of aryl methyl sites for hydroxylation is 1. The van der Waals surface area contributed by atoms with Crippen molar-refractivity contribution in [1.82, 2.24) is 34.6 Å². The first-order valence-corrected chi connectivity index (χ1v) is 23.3. The molecule has 4 aliphatic heterocycles. The van der Waals surface area contributed by atoms with Gasteiger partial charge in [0.15, 0.2) is 23.1 Å². The summed E-state index contributed by atoms with van der Waals surface area (Å²) in [6, 6.07) is 14.0. The maximum Gasteiger partial charge on any atom is 0.573 e. The number of imide groups is 1. The molecule has 23 heteroatoms. The SMILES string of the molecule is COc1cc2c(Oc3ccc(NC(=O)c4c(C)n(C)c5ccc(OC(F)(F)F)cc5c4=O)cc3F)ncnc2cc1OCCCC(=O)N1CC2(C1)CN(C(=O)c1ccc3c(c1)CN(C1CCC(=O)NC1=O)C3=O)C2. The highest BCUT2D eigenvalue weighted by atomic mass is 19.4. The number of carbonyl (C=O) groups excluding carboxylic acids is 6. The molecule has 0 radical (unpaired) electrons. The molecule has 1 atom stereocenters. The van der Waals surface area contributed by atoms with Gasteiger partial charge in [-0.05, 0) is 79.9 Å². The van der Waals surface area contributed by atoms with E-state index in [9.17, 15) is 46.7 Å². The molecule has 19 nitrogen and oxygen atoms in total. The highest BCUT2D eigenvalue weighted by Crippen LogP contribution is 2.42. The van der Waals surface area contributed by atoms with Gasteiger partial charge >= 0.3 is 6.36 Å². The third kappa shape index (κ3) is 9.24. The average molecular weight is 1020 g/mol. The fraction of sp³-hybridized carbons (Fsp3) is 0.314. The zero-order chi connectivity index (χ0) is 52.4. The van der Waals surface area contributed by atoms with Crippen LogP contribution in [-0.4, -0.2) is 117 Å². The number of rotatable bonds is 13. The molecule has 6 aromatic rings. The molecule has 2 aromatic heterocycles. The summed E-state index contributed by atoms with van der Waals surface area (Å²) >= 11 is 0. The van der Waals surface area contributed by atoms with E-state index in [1.807, 2.05) is 0 Å². The number of likely N-dealkylation sites (tertiary alicyclic amines) is 2. The number of carbonyl (C=O) groups is 6. The fourth-order valence-corrected chi connectivity index (χ4v) is 9.96. The lowest BCUT2D eigenvalue weighted by Crippen LogP contribution is -2.73. The highest BCUT2D eigenvalue weighted by molar-refractivity contribution is 6.08. The number of benzene rings is 4. The summed E-state index contributed by atoms with van der Waals surface area (Å²) in [7, 11) is 2.95. The maximum atomic E-state index is 15.6. The van der Waals surface area contributed by atoms with Gasteiger partial charge in [0.25, 0.3) is 17.7 Å². The van der Waals surface area contributed by atoms with Crippen LogP contribution in [0.15, 0.2) is 77.9 Å². The molecule has 10 rings (SSSR count). The summed E-state index contributed by atoms with van der Waals surface area (Å²) < 4.78 is 77.2. The Labute approximate surface area is 416 Å². The Bertz CT molecular complexity index is 3440. The van der Waals surface area contributed by atoms with Crippen molar-refractivity contribution in [1.29, 1.82) is 0 Å². The van der Waals surface area contributed by atoms with E-state index in [4.69, 9.17) is 14.2 Å². The molecule has 0 aliphatic carbocycles. The molecule has 6 amide bonds. The number of nitrogens with one attached hydrogen (secondary N) is 2. The fourth-order valence-electron chi connectivity index (χ4n) is 9.96. The topological polar surface area (TPSA) is 221 Å². The molecule has 1 unspecified atom stereocenters. The van der Waals surface area contributed by atoms with Gasteiger partial charge in [-0.3, -0.25) is 38.9 Å². The predicted molar refractivity (Wildman–Crippen MR) is 253 cm³/mol. The smallest absolute Gasteiger partial charge is 0.493 e. The van der Waals surface area contributed by atoms with Crippen LogP contribution < -0.4 is 35.0 Å². The van der Waals surface area contributed by atoms with E-state index in [-0.39, 0.29) is 107 Å². The van der Waals surface area contributed by atoms with Crippen LogP contribution in [0.1, 0.15) is 68.0 Å². The lowest BCUT2D eigenvalue weighted by atomic mass is 9.72. The third-order valence-corrected chi connectivity index (χ3v) is 13.7. The third-order valence-electron chi connectivity index (χ3n) is 13.7. The molecule has 1 spiro atoms. The minimum absolute atomic E-state index is 0.0439. The van der Waals surface area contributed by atoms with Crippen LogP contribution in [0.25, 0.3) is 21.8 Å². The van der Waals surface area contributed by atoms with Crippen molar-refractivity contribution in [2.75, 3.05) is 45.2 Å². The molecule has 2 N–H and O–H groups in total. The van der Waals surface area contributed by atoms with Crippen LogP contribution in [0.2, 0.25) is 0 Å². The maximum absolute atomic E-state index is 15.6. The predicted octanol–water partition coefficient (Wildman–Crippen LogP) is 5.79. The van der Waals surface area contributed by atoms with Gasteiger partial charge in [-0.2, -0.15) is 0 Å². The Morgan fingerprint density at radius 1 is 0.892 bits per heavy atom. The lowest BCUT2D eigenvalue weighted by molar-refractivity contribution is -0.274. The number of piperidine rings is 1. The average Bonchev–Trinajstić information content (AvgIpc) is 3.66. The number of hydrogen-bond acceptors (Lipinski definition) is 13. The van der Waals surface area contributed by atoms with E-state index < -0.39 is 41.2 Å². The lowest BCUT2D eigenvalue weighted by Gasteiger charge is -2.60. The molecule has 6 heterocycles. The number of aromatic nitrogens is 3. The van der Waals surface area contributed by atoms with Crippen LogP contribution in [-0.2, 0) is 28.0 Å². The largest absolute Gasteiger partial charge is 0.573 e. The van der Waals surface area contributed by atoms with Gasteiger partial charge in [0, 0.05) is 92.7 Å². The number of nitrogens with zero attached hydrogens (tertiary/aromatic N) is 6. The monoisotopic (exact) mass is 1020 g/mol. The van der Waals surface area contributed by atoms with Gasteiger partial charge in [0.05, 0.1) is 35.5 Å². The summed E-state index contributed by atoms with van der Waals surface area (Å²) in [5.74, 6) is -3.64. The van der Waals surface area contributed by atoms with E-state index in [0.717, 1.165) is 18.2 Å². The van der Waals surface area contributed by atoms with Gasteiger partial charge in [0.2, 0.25) is 29.0 Å². The Morgan fingerprint density at radius 2 is 1.66 bits per heavy atom. The summed E-state index contributed by atoms with van der Waals surface area (Å²) in [5.41, 5.74) is 0.847. The van der Waals surface area contributed by atoms with Crippen molar-refractivity contribution in [3.05, 3.63) is 117 Å². The van der Waals surface area contributed by atoms with Gasteiger partial charge in [-0.1, -0.05) is 0 Å². The number of pyridine rings is 1. The number of alkyl halides is 3. The molecule has 382 valence electrons. The standard InChI is InChI=1S/C51H44F4N8O11/c1-26-43(44(66)33-17-30(74-51(53,54)55)8-10-36(33)60(26)2)46(68)58-29-7-12-38(34(52)16-29)73-47-32-18-39(71-3)40(19-35(32)56-25-57-47)72-14-4-5-42(65)61-21-50(22-61)23-62(24-50)48(69)27-6-9-31-28(15-27)20-63(49(31)70)37-11-13-41(64)59-45(37)67/h6-10,12,15-19,25,37H,4-5,11,13-14,20-24H2,1-3H3,(H,58,68)(H,59,64,67). The van der Waals surface area contributed by atoms with Gasteiger partial charge in [0.1, 0.15) is 23.7 Å². The van der Waals surface area contributed by atoms with E-state index in [1.54, 1.807) is 40.1 Å². The molecule has 3 fully saturated rings. The molecule has 3 saturated heterocycles. The van der Waals surface area contributed by atoms with Gasteiger partial charge < -0.3 is 43.5 Å². The Kier molecular flexibility index (Phi) is 12.4. The van der Waals surface area contributed by atoms with E-state index in [1.165, 1.54) is 55.1 Å². The minimum Gasteiger partial charge on any atom is -0.493 e. The van der Waals surface area contributed by atoms with Crippen LogP contribution >= 0.6 is 0 Å². The molecule has 74 heavy (non-hydrogen) atoms. The molecule has 4 aliphatic rings. The summed E-state index contributed by atoms with van der Waals surface area (Å²) in [5, 5.41) is 4.89. The molecule has 0 bridgehead atoms. The molecule has 4 aromatic carbocycles. The van der Waals surface area contributed by atoms with E-state index in [0.29, 0.717) is 65.9 Å². The first kappa shape index (κ1) is 49.0. The van der Waals surface area contributed by atoms with Crippen LogP contribution in [0.3, 0.4) is 0 Å². The quantitative estimate of drug-likeness (QED) is 0.0797. The van der Waals surface area contributed by atoms with Crippen LogP contribution in [0.5, 0.6) is 28.9 Å². The number of fused-ring (bicyclic) bond motifs is 3. The van der Waals surface area contributed by atoms with Crippen LogP contribution in [0, 0.1) is 18.2 Å². The van der Waals surface area contributed by atoms with Crippen molar-refractivity contribution in [3.8, 4) is 28.9 Å². The zero-order valence-electron chi connectivity index (χ0n) is 39.8. The Hall–Kier alpha value is -8.63. The molecule has 0 saturated carbocycles. The number of halogens is 4. The second-order valence-corrected chi connectivity index (χ2v) is 18.6. The summed E-state index contributed by atoms with van der Waals surface area (Å²) in [4.78, 5) is 104. The van der Waals surface area contributed by atoms with Gasteiger partial charge in [-0.15, -0.1) is 13.2 Å². The Balaban J connectivity index is 0.707. The minimum atomic E-state index is -5.01. The van der Waals surface area contributed by atoms with E-state index >= 15 is 4.39 Å². The van der Waals surface area contributed by atoms with Crippen molar-refractivity contribution in [3.63, 3.8) is 0 Å². The second kappa shape index (κ2) is 18.8. The first-order chi connectivity index (χ1) is 35.3. The van der Waals surface area contributed by atoms with Crippen molar-refractivity contribution >= 4 is 62.9 Å². The zero-order valence-corrected chi connectivity index (χ0v) is 39.8. The molecular formula is C51H44F4N8O11.